The minimum atomic E-state index is -2.96. The van der Waals surface area contributed by atoms with Crippen LogP contribution in [0.2, 0.25) is 0 Å². The predicted molar refractivity (Wildman–Crippen MR) is 49.9 cm³/mol. The van der Waals surface area contributed by atoms with E-state index in [1.165, 1.54) is 6.66 Å². The van der Waals surface area contributed by atoms with Crippen LogP contribution >= 0.6 is 7.37 Å². The Labute approximate surface area is 77.7 Å². The van der Waals surface area contributed by atoms with Crippen LogP contribution in [0.5, 0.6) is 0 Å². The van der Waals surface area contributed by atoms with Gasteiger partial charge in [-0.2, -0.15) is 0 Å². The van der Waals surface area contributed by atoms with Gasteiger partial charge in [0.25, 0.3) is 0 Å². The second-order valence-electron chi connectivity index (χ2n) is 3.29. The van der Waals surface area contributed by atoms with Crippen molar-refractivity contribution in [2.75, 3.05) is 19.4 Å². The predicted octanol–water partition coefficient (Wildman–Crippen LogP) is 1.01. The smallest absolute Gasteiger partial charge is 0.404 e. The van der Waals surface area contributed by atoms with Gasteiger partial charge in [-0.3, -0.25) is 4.57 Å². The standard InChI is InChI=1S/C7H16NO4P/c1-6(5-13(2,10)11)3-4-12-7(8)9/h6H,3-5H2,1-2H3,(H2,8,9)(H,10,11). The van der Waals surface area contributed by atoms with Crippen molar-refractivity contribution in [3.8, 4) is 0 Å². The topological polar surface area (TPSA) is 89.6 Å². The first-order valence-corrected chi connectivity index (χ1v) is 6.32. The third-order valence-electron chi connectivity index (χ3n) is 1.51. The molecular weight excluding hydrogens is 193 g/mol. The fourth-order valence-electron chi connectivity index (χ4n) is 1.03. The largest absolute Gasteiger partial charge is 0.450 e. The van der Waals surface area contributed by atoms with E-state index in [1.54, 1.807) is 0 Å². The molecule has 78 valence electrons. The van der Waals surface area contributed by atoms with Gasteiger partial charge in [0.15, 0.2) is 7.37 Å². The number of amides is 1. The Morgan fingerprint density at radius 3 is 2.62 bits per heavy atom. The van der Waals surface area contributed by atoms with Crippen LogP contribution in [0.25, 0.3) is 0 Å². The average molecular weight is 209 g/mol. The molecule has 5 nitrogen and oxygen atoms in total. The van der Waals surface area contributed by atoms with E-state index >= 15 is 0 Å². The molecule has 0 saturated heterocycles. The molecule has 0 radical (unpaired) electrons. The highest BCUT2D eigenvalue weighted by molar-refractivity contribution is 7.57. The molecule has 0 aromatic rings. The lowest BCUT2D eigenvalue weighted by Gasteiger charge is -2.12. The Morgan fingerprint density at radius 1 is 1.69 bits per heavy atom. The van der Waals surface area contributed by atoms with Crippen LogP contribution in [0, 0.1) is 5.92 Å². The minimum Gasteiger partial charge on any atom is -0.450 e. The Bertz CT molecular complexity index is 213. The second-order valence-corrected chi connectivity index (χ2v) is 5.76. The molecule has 2 unspecified atom stereocenters. The molecule has 0 aromatic heterocycles. The number of hydrogen-bond donors (Lipinski definition) is 2. The average Bonchev–Trinajstić information content (AvgIpc) is 1.81. The van der Waals surface area contributed by atoms with Crippen molar-refractivity contribution < 1.29 is 19.0 Å². The van der Waals surface area contributed by atoms with E-state index in [-0.39, 0.29) is 18.7 Å². The van der Waals surface area contributed by atoms with Crippen LogP contribution < -0.4 is 5.73 Å². The van der Waals surface area contributed by atoms with Gasteiger partial charge < -0.3 is 15.4 Å². The lowest BCUT2D eigenvalue weighted by atomic mass is 10.1. The summed E-state index contributed by atoms with van der Waals surface area (Å²) in [7, 11) is -2.96. The normalized spacial score (nSPS) is 17.5. The molecule has 0 rings (SSSR count). The first kappa shape index (κ1) is 12.5. The Balaban J connectivity index is 3.58. The quantitative estimate of drug-likeness (QED) is 0.661. The molecule has 6 heteroatoms. The van der Waals surface area contributed by atoms with Crippen molar-refractivity contribution >= 4 is 13.5 Å². The first-order chi connectivity index (χ1) is 5.81. The van der Waals surface area contributed by atoms with Gasteiger partial charge in [0.05, 0.1) is 6.61 Å². The minimum absolute atomic E-state index is 0.0557. The van der Waals surface area contributed by atoms with Gasteiger partial charge in [-0.05, 0) is 12.3 Å². The number of carbonyl (C=O) groups excluding carboxylic acids is 1. The molecule has 0 aliphatic carbocycles. The summed E-state index contributed by atoms with van der Waals surface area (Å²) in [4.78, 5) is 19.2. The van der Waals surface area contributed by atoms with Crippen LogP contribution in [0.15, 0.2) is 0 Å². The summed E-state index contributed by atoms with van der Waals surface area (Å²) in [6.07, 6.45) is -0.00734. The fraction of sp³-hybridized carbons (Fsp3) is 0.857. The summed E-state index contributed by atoms with van der Waals surface area (Å²) in [5.41, 5.74) is 4.74. The second kappa shape index (κ2) is 5.25. The lowest BCUT2D eigenvalue weighted by Crippen LogP contribution is -2.15. The van der Waals surface area contributed by atoms with Gasteiger partial charge in [0.2, 0.25) is 0 Å². The number of nitrogens with two attached hydrogens (primary N) is 1. The molecule has 0 heterocycles. The van der Waals surface area contributed by atoms with Crippen molar-refractivity contribution in [3.05, 3.63) is 0 Å². The van der Waals surface area contributed by atoms with E-state index in [1.807, 2.05) is 6.92 Å². The number of primary amides is 1. The number of ether oxygens (including phenoxy) is 1. The van der Waals surface area contributed by atoms with Crippen molar-refractivity contribution in [2.24, 2.45) is 11.7 Å². The molecule has 0 fully saturated rings. The summed E-state index contributed by atoms with van der Waals surface area (Å²) >= 11 is 0. The fourth-order valence-corrected chi connectivity index (χ4v) is 2.37. The van der Waals surface area contributed by atoms with E-state index < -0.39 is 13.5 Å². The summed E-state index contributed by atoms with van der Waals surface area (Å²) in [6.45, 7) is 3.35. The van der Waals surface area contributed by atoms with Crippen LogP contribution in [-0.4, -0.2) is 30.4 Å². The van der Waals surface area contributed by atoms with Crippen LogP contribution in [0.3, 0.4) is 0 Å². The Kier molecular flexibility index (Phi) is 5.03. The first-order valence-electron chi connectivity index (χ1n) is 4.03. The van der Waals surface area contributed by atoms with Crippen molar-refractivity contribution in [2.45, 2.75) is 13.3 Å². The molecule has 2 atom stereocenters. The molecule has 1 amide bonds. The zero-order chi connectivity index (χ0) is 10.5. The SMILES string of the molecule is CC(CCOC(N)=O)CP(C)(=O)O. The Morgan fingerprint density at radius 2 is 2.23 bits per heavy atom. The Hall–Kier alpha value is -0.540. The number of hydrogen-bond acceptors (Lipinski definition) is 3. The molecule has 0 aliphatic rings. The van der Waals surface area contributed by atoms with Crippen molar-refractivity contribution in [3.63, 3.8) is 0 Å². The molecule has 0 aromatic carbocycles. The molecule has 0 spiro atoms. The zero-order valence-corrected chi connectivity index (χ0v) is 8.79. The van der Waals surface area contributed by atoms with Gasteiger partial charge in [-0.25, -0.2) is 4.79 Å². The summed E-state index contributed by atoms with van der Waals surface area (Å²) in [5, 5.41) is 0. The highest BCUT2D eigenvalue weighted by Crippen LogP contribution is 2.38. The number of rotatable bonds is 5. The number of carbonyl (C=O) groups is 1. The molecular formula is C7H16NO4P. The monoisotopic (exact) mass is 209 g/mol. The van der Waals surface area contributed by atoms with Gasteiger partial charge in [-0.1, -0.05) is 6.92 Å². The molecule has 0 aliphatic heterocycles. The van der Waals surface area contributed by atoms with Crippen LogP contribution in [-0.2, 0) is 9.30 Å². The van der Waals surface area contributed by atoms with Crippen molar-refractivity contribution in [1.82, 2.24) is 0 Å². The zero-order valence-electron chi connectivity index (χ0n) is 7.90. The van der Waals surface area contributed by atoms with Gasteiger partial charge in [0, 0.05) is 12.8 Å². The summed E-state index contributed by atoms with van der Waals surface area (Å²) in [6, 6.07) is 0. The maximum Gasteiger partial charge on any atom is 0.404 e. The highest BCUT2D eigenvalue weighted by Gasteiger charge is 2.15. The molecule has 0 saturated carbocycles. The molecule has 13 heavy (non-hydrogen) atoms. The van der Waals surface area contributed by atoms with Gasteiger partial charge in [0.1, 0.15) is 0 Å². The van der Waals surface area contributed by atoms with E-state index in [2.05, 4.69) is 4.74 Å². The van der Waals surface area contributed by atoms with E-state index in [4.69, 9.17) is 10.6 Å². The third kappa shape index (κ3) is 9.37. The van der Waals surface area contributed by atoms with Gasteiger partial charge >= 0.3 is 6.09 Å². The van der Waals surface area contributed by atoms with Crippen molar-refractivity contribution in [1.29, 1.82) is 0 Å². The lowest BCUT2D eigenvalue weighted by molar-refractivity contribution is 0.151. The maximum atomic E-state index is 10.9. The maximum absolute atomic E-state index is 10.9. The van der Waals surface area contributed by atoms with Crippen LogP contribution in [0.4, 0.5) is 4.79 Å². The highest BCUT2D eigenvalue weighted by atomic mass is 31.2. The van der Waals surface area contributed by atoms with E-state index in [0.29, 0.717) is 6.42 Å². The van der Waals surface area contributed by atoms with Crippen LogP contribution in [0.1, 0.15) is 13.3 Å². The summed E-state index contributed by atoms with van der Waals surface area (Å²) < 4.78 is 15.4. The molecule has 3 N–H and O–H groups in total. The summed E-state index contributed by atoms with van der Waals surface area (Å²) in [5.74, 6) is 0.0557. The van der Waals surface area contributed by atoms with E-state index in [0.717, 1.165) is 0 Å². The molecule has 0 bridgehead atoms. The van der Waals surface area contributed by atoms with E-state index in [9.17, 15) is 9.36 Å². The van der Waals surface area contributed by atoms with Gasteiger partial charge in [-0.15, -0.1) is 0 Å². The third-order valence-corrected chi connectivity index (χ3v) is 2.81.